The van der Waals surface area contributed by atoms with Gasteiger partial charge in [-0.25, -0.2) is 4.98 Å². The second-order valence-electron chi connectivity index (χ2n) is 10.5. The van der Waals surface area contributed by atoms with E-state index < -0.39 is 0 Å². The molecule has 3 heterocycles. The van der Waals surface area contributed by atoms with E-state index in [4.69, 9.17) is 0 Å². The summed E-state index contributed by atoms with van der Waals surface area (Å²) in [6, 6.07) is 9.14. The van der Waals surface area contributed by atoms with Crippen molar-refractivity contribution in [3.63, 3.8) is 0 Å². The topological polar surface area (TPSA) is 34.6 Å². The number of pyridine rings is 1. The zero-order chi connectivity index (χ0) is 26.0. The summed E-state index contributed by atoms with van der Waals surface area (Å²) in [7, 11) is 8.43. The molecule has 0 saturated carbocycles. The quantitative estimate of drug-likeness (QED) is 0.408. The number of likely N-dealkylation sites (N-methyl/N-ethyl adjacent to an activating group) is 1. The van der Waals surface area contributed by atoms with Gasteiger partial charge < -0.3 is 20.0 Å². The first-order valence-electron chi connectivity index (χ1n) is 12.4. The summed E-state index contributed by atoms with van der Waals surface area (Å²) in [5, 5.41) is 4.78. The van der Waals surface area contributed by atoms with Crippen LogP contribution in [-0.2, 0) is 0 Å². The number of anilines is 2. The molecule has 1 aliphatic heterocycles. The molecule has 6 heteroatoms. The van der Waals surface area contributed by atoms with Gasteiger partial charge in [0.1, 0.15) is 5.82 Å². The van der Waals surface area contributed by atoms with Crippen LogP contribution in [0.2, 0.25) is 0 Å². The third-order valence-electron chi connectivity index (χ3n) is 7.21. The highest BCUT2D eigenvalue weighted by Gasteiger charge is 2.29. The average Bonchev–Trinajstić information content (AvgIpc) is 3.30. The highest BCUT2D eigenvalue weighted by molar-refractivity contribution is 7.17. The predicted molar refractivity (Wildman–Crippen MR) is 160 cm³/mol. The lowest BCUT2D eigenvalue weighted by atomic mass is 9.74. The zero-order valence-electron chi connectivity index (χ0n) is 22.5. The molecule has 2 aromatic heterocycles. The number of nitrogens with one attached hydrogen (secondary N) is 1. The molecule has 1 saturated heterocycles. The lowest BCUT2D eigenvalue weighted by molar-refractivity contribution is 0.246. The summed E-state index contributed by atoms with van der Waals surface area (Å²) in [4.78, 5) is 12.6. The van der Waals surface area contributed by atoms with Gasteiger partial charge in [-0.1, -0.05) is 25.7 Å². The maximum absolute atomic E-state index is 4.59. The Labute approximate surface area is 222 Å². The van der Waals surface area contributed by atoms with Crippen molar-refractivity contribution < 1.29 is 1.43 Å². The Hall–Kier alpha value is -3.09. The number of aromatic nitrogens is 1. The summed E-state index contributed by atoms with van der Waals surface area (Å²) in [5.74, 6) is 1.01. The van der Waals surface area contributed by atoms with Crippen LogP contribution in [0.15, 0.2) is 79.2 Å². The summed E-state index contributed by atoms with van der Waals surface area (Å²) >= 11 is 1.82. The van der Waals surface area contributed by atoms with E-state index in [1.807, 2.05) is 23.6 Å². The molecule has 2 aromatic rings. The molecule has 1 N–H and O–H groups in total. The van der Waals surface area contributed by atoms with Crippen LogP contribution >= 0.6 is 11.3 Å². The predicted octanol–water partition coefficient (Wildman–Crippen LogP) is 6.28. The molecule has 36 heavy (non-hydrogen) atoms. The molecule has 0 radical (unpaired) electrons. The molecular weight excluding hydrogens is 462 g/mol. The maximum atomic E-state index is 4.59. The van der Waals surface area contributed by atoms with Gasteiger partial charge >= 0.3 is 0 Å². The van der Waals surface area contributed by atoms with Crippen LogP contribution < -0.4 is 15.1 Å². The fourth-order valence-corrected chi connectivity index (χ4v) is 5.40. The van der Waals surface area contributed by atoms with Crippen LogP contribution in [0, 0.1) is 5.41 Å². The number of hydrogen-bond acceptors (Lipinski definition) is 6. The minimum atomic E-state index is -0.111. The third kappa shape index (κ3) is 5.50. The van der Waals surface area contributed by atoms with Gasteiger partial charge in [-0.3, -0.25) is 0 Å². The van der Waals surface area contributed by atoms with E-state index in [0.29, 0.717) is 6.04 Å². The molecule has 4 rings (SSSR count). The normalized spacial score (nSPS) is 20.5. The van der Waals surface area contributed by atoms with Crippen molar-refractivity contribution in [3.8, 4) is 0 Å². The van der Waals surface area contributed by atoms with Crippen molar-refractivity contribution in [1.82, 2.24) is 15.2 Å². The van der Waals surface area contributed by atoms with Crippen LogP contribution in [-0.4, -0.2) is 57.2 Å². The fraction of sp³-hybridized carbons (Fsp3) is 0.367. The van der Waals surface area contributed by atoms with E-state index in [0.717, 1.165) is 42.3 Å². The Morgan fingerprint density at radius 2 is 2.00 bits per heavy atom. The number of allylic oxidation sites excluding steroid dienone is 7. The van der Waals surface area contributed by atoms with E-state index in [9.17, 15) is 0 Å². The zero-order valence-corrected chi connectivity index (χ0v) is 23.3. The molecular formula is C30H41N5S. The van der Waals surface area contributed by atoms with Gasteiger partial charge in [0.25, 0.3) is 0 Å². The highest BCUT2D eigenvalue weighted by Crippen LogP contribution is 2.42. The second kappa shape index (κ2) is 10.5. The number of rotatable bonds is 9. The first-order chi connectivity index (χ1) is 17.1. The van der Waals surface area contributed by atoms with E-state index in [1.165, 1.54) is 21.0 Å². The van der Waals surface area contributed by atoms with Gasteiger partial charge in [0.05, 0.1) is 5.00 Å². The second-order valence-corrected chi connectivity index (χ2v) is 11.5. The molecule has 5 nitrogen and oxygen atoms in total. The molecule has 0 bridgehead atoms. The van der Waals surface area contributed by atoms with Crippen molar-refractivity contribution in [3.05, 3.63) is 89.6 Å². The van der Waals surface area contributed by atoms with Crippen molar-refractivity contribution in [1.29, 1.82) is 0 Å². The molecule has 2 aliphatic rings. The number of thiophene rings is 1. The van der Waals surface area contributed by atoms with Gasteiger partial charge in [-0.2, -0.15) is 0 Å². The SMILES string of the molecule is C=CC1(C)CC=C(c2ccc(N(C)C)s2)C=C1/C=C(\C)NC(=C)c1ccnc(N2CC(N(C)C)C2)c1.[HH]. The summed E-state index contributed by atoms with van der Waals surface area (Å²) < 4.78 is 0. The van der Waals surface area contributed by atoms with Crippen molar-refractivity contribution >= 4 is 33.4 Å². The lowest BCUT2D eigenvalue weighted by Gasteiger charge is -2.43. The van der Waals surface area contributed by atoms with Gasteiger partial charge in [-0.15, -0.1) is 17.9 Å². The van der Waals surface area contributed by atoms with Gasteiger partial charge in [0.15, 0.2) is 0 Å². The first-order valence-corrected chi connectivity index (χ1v) is 13.3. The Morgan fingerprint density at radius 3 is 2.64 bits per heavy atom. The molecule has 0 amide bonds. The van der Waals surface area contributed by atoms with Crippen LogP contribution in [0.4, 0.5) is 10.8 Å². The van der Waals surface area contributed by atoms with Gasteiger partial charge in [0.2, 0.25) is 0 Å². The molecule has 1 unspecified atom stereocenters. The van der Waals surface area contributed by atoms with E-state index >= 15 is 0 Å². The summed E-state index contributed by atoms with van der Waals surface area (Å²) in [5.41, 5.74) is 5.39. The van der Waals surface area contributed by atoms with Gasteiger partial charge in [-0.05, 0) is 75.0 Å². The van der Waals surface area contributed by atoms with Crippen LogP contribution in [0.5, 0.6) is 0 Å². The largest absolute Gasteiger partial charge is 0.370 e. The standard InChI is InChI=1S/C30H39N5S.H2/c1-9-30(4)14-12-24(27-10-11-29(36-27)34(7)8)17-25(30)16-21(2)32-22(3)23-13-15-31-28(18-23)35-19-26(20-35)33(5)6;/h9-13,15-18,26,32H,1,3,14,19-20H2,2,4-8H3;1H/b21-16+;. The molecule has 0 spiro atoms. The summed E-state index contributed by atoms with van der Waals surface area (Å²) in [6.07, 6.45) is 11.7. The maximum Gasteiger partial charge on any atom is 0.129 e. The summed E-state index contributed by atoms with van der Waals surface area (Å²) in [6.45, 7) is 14.8. The van der Waals surface area contributed by atoms with Crippen molar-refractivity contribution in [2.75, 3.05) is 51.1 Å². The average molecular weight is 504 g/mol. The minimum Gasteiger partial charge on any atom is -0.370 e. The van der Waals surface area contributed by atoms with E-state index in [1.54, 1.807) is 0 Å². The Bertz CT molecular complexity index is 1230. The van der Waals surface area contributed by atoms with Crippen LogP contribution in [0.1, 0.15) is 32.1 Å². The van der Waals surface area contributed by atoms with Gasteiger partial charge in [0, 0.05) is 68.1 Å². The molecule has 1 fully saturated rings. The minimum absolute atomic E-state index is 0. The number of nitrogens with zero attached hydrogens (tertiary/aromatic N) is 4. The fourth-order valence-electron chi connectivity index (χ4n) is 4.46. The lowest BCUT2D eigenvalue weighted by Crippen LogP contribution is -2.57. The number of hydrogen-bond donors (Lipinski definition) is 1. The Morgan fingerprint density at radius 1 is 1.25 bits per heavy atom. The van der Waals surface area contributed by atoms with E-state index in [-0.39, 0.29) is 6.84 Å². The molecule has 192 valence electrons. The smallest absolute Gasteiger partial charge is 0.129 e. The molecule has 0 aromatic carbocycles. The highest BCUT2D eigenvalue weighted by atomic mass is 32.1. The van der Waals surface area contributed by atoms with E-state index in [2.05, 4.69) is 123 Å². The molecule has 1 atom stereocenters. The van der Waals surface area contributed by atoms with Crippen molar-refractivity contribution in [2.24, 2.45) is 5.41 Å². The Kier molecular flexibility index (Phi) is 7.57. The van der Waals surface area contributed by atoms with Crippen LogP contribution in [0.25, 0.3) is 11.3 Å². The first kappa shape index (κ1) is 26.0. The Balaban J connectivity index is 0.00000380. The third-order valence-corrected chi connectivity index (χ3v) is 8.52. The van der Waals surface area contributed by atoms with Crippen molar-refractivity contribution in [2.45, 2.75) is 26.3 Å². The monoisotopic (exact) mass is 503 g/mol. The van der Waals surface area contributed by atoms with Crippen LogP contribution in [0.3, 0.4) is 0 Å². The molecule has 1 aliphatic carbocycles.